The molecule has 0 bridgehead atoms. The van der Waals surface area contributed by atoms with Crippen molar-refractivity contribution in [1.82, 2.24) is 15.2 Å². The lowest BCUT2D eigenvalue weighted by atomic mass is 10.1. The summed E-state index contributed by atoms with van der Waals surface area (Å²) in [7, 11) is 0. The summed E-state index contributed by atoms with van der Waals surface area (Å²) in [4.78, 5) is 16.5. The summed E-state index contributed by atoms with van der Waals surface area (Å²) in [5, 5.41) is 11.1. The van der Waals surface area contributed by atoms with Crippen LogP contribution in [0.5, 0.6) is 0 Å². The van der Waals surface area contributed by atoms with Gasteiger partial charge in [0.15, 0.2) is 5.82 Å². The first-order chi connectivity index (χ1) is 12.0. The number of amides is 1. The fourth-order valence-electron chi connectivity index (χ4n) is 2.42. The Labute approximate surface area is 155 Å². The zero-order valence-corrected chi connectivity index (χ0v) is 15.4. The summed E-state index contributed by atoms with van der Waals surface area (Å²) < 4.78 is 0. The second-order valence-electron chi connectivity index (χ2n) is 5.69. The number of aromatic amines is 1. The van der Waals surface area contributed by atoms with Crippen molar-refractivity contribution in [1.29, 1.82) is 0 Å². The number of thioether (sulfide) groups is 1. The Kier molecular flexibility index (Phi) is 5.40. The van der Waals surface area contributed by atoms with E-state index in [0.717, 1.165) is 22.4 Å². The van der Waals surface area contributed by atoms with Crippen LogP contribution >= 0.6 is 23.4 Å². The van der Waals surface area contributed by atoms with Gasteiger partial charge in [0, 0.05) is 16.3 Å². The highest BCUT2D eigenvalue weighted by atomic mass is 35.5. The highest BCUT2D eigenvalue weighted by Gasteiger charge is 2.09. The van der Waals surface area contributed by atoms with Crippen LogP contribution in [0, 0.1) is 13.8 Å². The van der Waals surface area contributed by atoms with Crippen molar-refractivity contribution in [3.05, 3.63) is 58.6 Å². The van der Waals surface area contributed by atoms with E-state index in [9.17, 15) is 4.79 Å². The first-order valence-electron chi connectivity index (χ1n) is 7.69. The van der Waals surface area contributed by atoms with E-state index in [4.69, 9.17) is 11.6 Å². The first kappa shape index (κ1) is 17.5. The van der Waals surface area contributed by atoms with E-state index in [1.54, 1.807) is 12.1 Å². The topological polar surface area (TPSA) is 70.7 Å². The third-order valence-electron chi connectivity index (χ3n) is 3.42. The average Bonchev–Trinajstić information content (AvgIpc) is 3.01. The highest BCUT2D eigenvalue weighted by Crippen LogP contribution is 2.21. The van der Waals surface area contributed by atoms with E-state index in [1.165, 1.54) is 11.8 Å². The third kappa shape index (κ3) is 4.84. The molecule has 128 valence electrons. The van der Waals surface area contributed by atoms with Crippen molar-refractivity contribution in [2.75, 3.05) is 11.1 Å². The minimum absolute atomic E-state index is 0.0900. The third-order valence-corrected chi connectivity index (χ3v) is 4.52. The average molecular weight is 373 g/mol. The van der Waals surface area contributed by atoms with Gasteiger partial charge >= 0.3 is 0 Å². The lowest BCUT2D eigenvalue weighted by Gasteiger charge is -2.06. The number of rotatable bonds is 5. The lowest BCUT2D eigenvalue weighted by Crippen LogP contribution is -2.14. The van der Waals surface area contributed by atoms with Crippen LogP contribution in [-0.2, 0) is 4.79 Å². The Morgan fingerprint density at radius 2 is 1.84 bits per heavy atom. The van der Waals surface area contributed by atoms with Crippen LogP contribution in [-0.4, -0.2) is 26.8 Å². The van der Waals surface area contributed by atoms with Crippen molar-refractivity contribution in [2.45, 2.75) is 19.0 Å². The number of hydrogen-bond acceptors (Lipinski definition) is 4. The van der Waals surface area contributed by atoms with E-state index in [0.29, 0.717) is 16.0 Å². The molecule has 0 aliphatic rings. The van der Waals surface area contributed by atoms with Crippen molar-refractivity contribution in [3.8, 4) is 11.4 Å². The molecule has 0 saturated heterocycles. The number of aryl methyl sites for hydroxylation is 2. The molecule has 5 nitrogen and oxygen atoms in total. The monoisotopic (exact) mass is 372 g/mol. The number of anilines is 1. The van der Waals surface area contributed by atoms with Crippen molar-refractivity contribution in [3.63, 3.8) is 0 Å². The van der Waals surface area contributed by atoms with Gasteiger partial charge in [-0.1, -0.05) is 29.4 Å². The van der Waals surface area contributed by atoms with Gasteiger partial charge in [-0.2, -0.15) is 0 Å². The number of nitrogens with zero attached hydrogens (tertiary/aromatic N) is 2. The van der Waals surface area contributed by atoms with Gasteiger partial charge in [0.25, 0.3) is 0 Å². The number of aromatic nitrogens is 3. The van der Waals surface area contributed by atoms with Crippen molar-refractivity contribution >= 4 is 35.0 Å². The smallest absolute Gasteiger partial charge is 0.234 e. The van der Waals surface area contributed by atoms with E-state index in [-0.39, 0.29) is 11.7 Å². The van der Waals surface area contributed by atoms with Gasteiger partial charge in [0.1, 0.15) is 0 Å². The van der Waals surface area contributed by atoms with Crippen LogP contribution in [0.2, 0.25) is 5.02 Å². The van der Waals surface area contributed by atoms with Gasteiger partial charge in [-0.15, -0.1) is 5.10 Å². The van der Waals surface area contributed by atoms with Gasteiger partial charge in [0.2, 0.25) is 11.1 Å². The molecule has 0 radical (unpaired) electrons. The second-order valence-corrected chi connectivity index (χ2v) is 7.07. The van der Waals surface area contributed by atoms with Crippen LogP contribution in [0.15, 0.2) is 47.6 Å². The fourth-order valence-corrected chi connectivity index (χ4v) is 3.15. The zero-order chi connectivity index (χ0) is 17.8. The van der Waals surface area contributed by atoms with Gasteiger partial charge in [-0.05, 0) is 61.4 Å². The van der Waals surface area contributed by atoms with Crippen LogP contribution in [0.3, 0.4) is 0 Å². The predicted molar refractivity (Wildman–Crippen MR) is 102 cm³/mol. The minimum atomic E-state index is -0.0900. The lowest BCUT2D eigenvalue weighted by molar-refractivity contribution is -0.113. The number of H-pyrrole nitrogens is 1. The predicted octanol–water partition coefficient (Wildman–Crippen LogP) is 4.47. The molecule has 2 N–H and O–H groups in total. The number of carbonyl (C=O) groups excluding carboxylic acids is 1. The molecule has 1 amide bonds. The summed E-state index contributed by atoms with van der Waals surface area (Å²) in [6.45, 7) is 4.01. The summed E-state index contributed by atoms with van der Waals surface area (Å²) in [6.07, 6.45) is 0. The number of benzene rings is 2. The Morgan fingerprint density at radius 1 is 1.16 bits per heavy atom. The molecule has 0 aliphatic carbocycles. The highest BCUT2D eigenvalue weighted by molar-refractivity contribution is 7.99. The molecule has 0 fully saturated rings. The molecule has 2 aromatic carbocycles. The standard InChI is InChI=1S/C18H17ClN4OS/c1-11-7-12(2)9-15(8-11)20-16(24)10-25-18-21-17(22-23-18)13-3-5-14(19)6-4-13/h3-9H,10H2,1-2H3,(H,20,24)(H,21,22,23). The molecule has 25 heavy (non-hydrogen) atoms. The number of hydrogen-bond donors (Lipinski definition) is 2. The molecular formula is C18H17ClN4OS. The summed E-state index contributed by atoms with van der Waals surface area (Å²) >= 11 is 7.16. The van der Waals surface area contributed by atoms with Gasteiger partial charge in [-0.3, -0.25) is 9.89 Å². The molecule has 7 heteroatoms. The Morgan fingerprint density at radius 3 is 2.52 bits per heavy atom. The molecule has 3 rings (SSSR count). The Bertz CT molecular complexity index is 872. The minimum Gasteiger partial charge on any atom is -0.325 e. The molecule has 0 aliphatic heterocycles. The maximum absolute atomic E-state index is 12.1. The van der Waals surface area contributed by atoms with Gasteiger partial charge in [-0.25, -0.2) is 4.98 Å². The van der Waals surface area contributed by atoms with Crippen LogP contribution in [0.4, 0.5) is 5.69 Å². The van der Waals surface area contributed by atoms with Gasteiger partial charge < -0.3 is 5.32 Å². The molecule has 1 aromatic heterocycles. The largest absolute Gasteiger partial charge is 0.325 e. The molecule has 0 saturated carbocycles. The molecule has 0 unspecified atom stereocenters. The van der Waals surface area contributed by atoms with Crippen LogP contribution < -0.4 is 5.32 Å². The van der Waals surface area contributed by atoms with Crippen molar-refractivity contribution < 1.29 is 4.79 Å². The van der Waals surface area contributed by atoms with E-state index in [1.807, 2.05) is 38.1 Å². The van der Waals surface area contributed by atoms with Gasteiger partial charge in [0.05, 0.1) is 5.75 Å². The molecule has 1 heterocycles. The molecule has 0 atom stereocenters. The quantitative estimate of drug-likeness (QED) is 0.648. The Hall–Kier alpha value is -2.31. The fraction of sp³-hybridized carbons (Fsp3) is 0.167. The number of nitrogens with one attached hydrogen (secondary N) is 2. The summed E-state index contributed by atoms with van der Waals surface area (Å²) in [5.74, 6) is 0.798. The SMILES string of the molecule is Cc1cc(C)cc(NC(=O)CSc2n[nH]c(-c3ccc(Cl)cc3)n2)c1. The maximum atomic E-state index is 12.1. The van der Waals surface area contributed by atoms with Crippen molar-refractivity contribution in [2.24, 2.45) is 0 Å². The number of halogens is 1. The summed E-state index contributed by atoms with van der Waals surface area (Å²) in [5.41, 5.74) is 3.93. The molecule has 3 aromatic rings. The van der Waals surface area contributed by atoms with Crippen LogP contribution in [0.25, 0.3) is 11.4 Å². The van der Waals surface area contributed by atoms with E-state index < -0.39 is 0 Å². The second kappa shape index (κ2) is 7.72. The van der Waals surface area contributed by atoms with E-state index >= 15 is 0 Å². The molecule has 0 spiro atoms. The number of carbonyl (C=O) groups is 1. The Balaban J connectivity index is 1.58. The van der Waals surface area contributed by atoms with Crippen LogP contribution in [0.1, 0.15) is 11.1 Å². The van der Waals surface area contributed by atoms with E-state index in [2.05, 4.69) is 26.6 Å². The normalized spacial score (nSPS) is 10.7. The first-order valence-corrected chi connectivity index (χ1v) is 9.05. The summed E-state index contributed by atoms with van der Waals surface area (Å²) in [6, 6.07) is 13.3. The molecular weight excluding hydrogens is 356 g/mol. The maximum Gasteiger partial charge on any atom is 0.234 e. The zero-order valence-electron chi connectivity index (χ0n) is 13.8.